The van der Waals surface area contributed by atoms with Crippen LogP contribution in [0.25, 0.3) is 6.08 Å². The molecule has 1 saturated heterocycles. The van der Waals surface area contributed by atoms with E-state index in [2.05, 4.69) is 5.32 Å². The van der Waals surface area contributed by atoms with Gasteiger partial charge < -0.3 is 19.7 Å². The summed E-state index contributed by atoms with van der Waals surface area (Å²) in [7, 11) is 0. The van der Waals surface area contributed by atoms with Crippen molar-refractivity contribution in [1.82, 2.24) is 4.90 Å². The SMILES string of the molecule is CC(C)(C)OC(=O)N1CCC/C(=C\c2ccc3c(c2F)NC(=O)CO3)C1. The largest absolute Gasteiger partial charge is 0.481 e. The van der Waals surface area contributed by atoms with Crippen LogP contribution in [0, 0.1) is 5.82 Å². The third-order valence-electron chi connectivity index (χ3n) is 4.09. The lowest BCUT2D eigenvalue weighted by molar-refractivity contribution is -0.118. The van der Waals surface area contributed by atoms with Gasteiger partial charge in [-0.2, -0.15) is 0 Å². The Morgan fingerprint density at radius 1 is 1.38 bits per heavy atom. The summed E-state index contributed by atoms with van der Waals surface area (Å²) in [6.45, 7) is 6.37. The number of hydrogen-bond acceptors (Lipinski definition) is 4. The highest BCUT2D eigenvalue weighted by molar-refractivity contribution is 5.96. The van der Waals surface area contributed by atoms with Crippen molar-refractivity contribution in [2.75, 3.05) is 25.0 Å². The molecule has 2 aliphatic rings. The Morgan fingerprint density at radius 2 is 2.15 bits per heavy atom. The van der Waals surface area contributed by atoms with Gasteiger partial charge in [-0.05, 0) is 51.3 Å². The summed E-state index contributed by atoms with van der Waals surface area (Å²) >= 11 is 0. The van der Waals surface area contributed by atoms with Crippen LogP contribution in [0.5, 0.6) is 5.75 Å². The lowest BCUT2D eigenvalue weighted by Gasteiger charge is -2.31. The first kappa shape index (κ1) is 18.2. The Morgan fingerprint density at radius 3 is 2.88 bits per heavy atom. The summed E-state index contributed by atoms with van der Waals surface area (Å²) in [4.78, 5) is 25.3. The van der Waals surface area contributed by atoms with Gasteiger partial charge in [0.2, 0.25) is 0 Å². The van der Waals surface area contributed by atoms with Gasteiger partial charge in [0.25, 0.3) is 5.91 Å². The molecule has 2 aliphatic heterocycles. The van der Waals surface area contributed by atoms with Crippen LogP contribution in [0.4, 0.5) is 14.9 Å². The topological polar surface area (TPSA) is 67.9 Å². The van der Waals surface area contributed by atoms with E-state index < -0.39 is 11.4 Å². The van der Waals surface area contributed by atoms with Crippen LogP contribution in [-0.2, 0) is 9.53 Å². The monoisotopic (exact) mass is 362 g/mol. The predicted octanol–water partition coefficient (Wildman–Crippen LogP) is 3.57. The maximum atomic E-state index is 14.7. The molecule has 1 N–H and O–H groups in total. The molecule has 2 heterocycles. The quantitative estimate of drug-likeness (QED) is 0.829. The summed E-state index contributed by atoms with van der Waals surface area (Å²) in [6.07, 6.45) is 2.93. The molecule has 3 rings (SSSR count). The third kappa shape index (κ3) is 4.15. The van der Waals surface area contributed by atoms with Crippen LogP contribution in [0.15, 0.2) is 17.7 Å². The van der Waals surface area contributed by atoms with E-state index in [-0.39, 0.29) is 24.3 Å². The molecular weight excluding hydrogens is 339 g/mol. The Kier molecular flexibility index (Phi) is 4.89. The number of carbonyl (C=O) groups is 2. The Bertz CT molecular complexity index is 768. The lowest BCUT2D eigenvalue weighted by Crippen LogP contribution is -2.40. The molecule has 140 valence electrons. The standard InChI is InChI=1S/C19H23FN2O4/c1-19(2,3)26-18(24)22-8-4-5-12(10-22)9-13-6-7-14-17(16(13)20)21-15(23)11-25-14/h6-7,9H,4-5,8,10-11H2,1-3H3,(H,21,23)/b12-9+. The van der Waals surface area contributed by atoms with Crippen molar-refractivity contribution in [3.63, 3.8) is 0 Å². The van der Waals surface area contributed by atoms with E-state index in [0.717, 1.165) is 18.4 Å². The van der Waals surface area contributed by atoms with E-state index in [1.807, 2.05) is 20.8 Å². The first-order valence-corrected chi connectivity index (χ1v) is 8.65. The smallest absolute Gasteiger partial charge is 0.410 e. The molecule has 7 heteroatoms. The Labute approximate surface area is 151 Å². The molecule has 0 radical (unpaired) electrons. The van der Waals surface area contributed by atoms with Gasteiger partial charge in [-0.3, -0.25) is 4.79 Å². The van der Waals surface area contributed by atoms with Gasteiger partial charge in [-0.1, -0.05) is 6.08 Å². The first-order valence-electron chi connectivity index (χ1n) is 8.65. The minimum Gasteiger partial charge on any atom is -0.481 e. The van der Waals surface area contributed by atoms with Crippen LogP contribution in [0.2, 0.25) is 0 Å². The molecule has 1 aromatic carbocycles. The van der Waals surface area contributed by atoms with Gasteiger partial charge in [0.1, 0.15) is 17.0 Å². The van der Waals surface area contributed by atoms with Gasteiger partial charge >= 0.3 is 6.09 Å². The van der Waals surface area contributed by atoms with Crippen molar-refractivity contribution >= 4 is 23.8 Å². The first-order chi connectivity index (χ1) is 12.2. The predicted molar refractivity (Wildman–Crippen MR) is 95.5 cm³/mol. The number of rotatable bonds is 1. The second-order valence-electron chi connectivity index (χ2n) is 7.49. The number of ether oxygens (including phenoxy) is 2. The number of nitrogens with one attached hydrogen (secondary N) is 1. The van der Waals surface area contributed by atoms with E-state index in [1.165, 1.54) is 0 Å². The molecule has 0 spiro atoms. The number of hydrogen-bond donors (Lipinski definition) is 1. The number of carbonyl (C=O) groups excluding carboxylic acids is 2. The molecular formula is C19H23FN2O4. The maximum Gasteiger partial charge on any atom is 0.410 e. The summed E-state index contributed by atoms with van der Waals surface area (Å²) < 4.78 is 25.3. The number of likely N-dealkylation sites (tertiary alicyclic amines) is 1. The average Bonchev–Trinajstić information content (AvgIpc) is 2.57. The van der Waals surface area contributed by atoms with Gasteiger partial charge in [0.15, 0.2) is 12.4 Å². The maximum absolute atomic E-state index is 14.7. The summed E-state index contributed by atoms with van der Waals surface area (Å²) in [5.74, 6) is -0.587. The van der Waals surface area contributed by atoms with E-state index in [9.17, 15) is 14.0 Å². The lowest BCUT2D eigenvalue weighted by atomic mass is 10.0. The molecule has 1 aromatic rings. The number of fused-ring (bicyclic) bond motifs is 1. The molecule has 6 nitrogen and oxygen atoms in total. The summed E-state index contributed by atoms with van der Waals surface area (Å²) in [5, 5.41) is 2.51. The van der Waals surface area contributed by atoms with Gasteiger partial charge in [-0.15, -0.1) is 0 Å². The molecule has 26 heavy (non-hydrogen) atoms. The van der Waals surface area contributed by atoms with Crippen molar-refractivity contribution in [1.29, 1.82) is 0 Å². The third-order valence-corrected chi connectivity index (χ3v) is 4.09. The highest BCUT2D eigenvalue weighted by atomic mass is 19.1. The molecule has 1 fully saturated rings. The fourth-order valence-corrected chi connectivity index (χ4v) is 2.96. The number of amides is 2. The zero-order chi connectivity index (χ0) is 18.9. The van der Waals surface area contributed by atoms with Crippen molar-refractivity contribution in [3.05, 3.63) is 29.1 Å². The fraction of sp³-hybridized carbons (Fsp3) is 0.474. The number of anilines is 1. The number of nitrogens with zero attached hydrogens (tertiary/aromatic N) is 1. The second kappa shape index (κ2) is 6.97. The summed E-state index contributed by atoms with van der Waals surface area (Å²) in [5.41, 5.74) is 0.802. The van der Waals surface area contributed by atoms with E-state index >= 15 is 0 Å². The number of piperidine rings is 1. The van der Waals surface area contributed by atoms with E-state index in [0.29, 0.717) is 24.4 Å². The van der Waals surface area contributed by atoms with Crippen LogP contribution in [0.1, 0.15) is 39.2 Å². The minimum absolute atomic E-state index is 0.0652. The highest BCUT2D eigenvalue weighted by Gasteiger charge is 2.26. The summed E-state index contributed by atoms with van der Waals surface area (Å²) in [6, 6.07) is 3.25. The van der Waals surface area contributed by atoms with Crippen LogP contribution in [-0.4, -0.2) is 42.2 Å². The van der Waals surface area contributed by atoms with Crippen LogP contribution >= 0.6 is 0 Å². The van der Waals surface area contributed by atoms with Crippen molar-refractivity contribution in [3.8, 4) is 5.75 Å². The van der Waals surface area contributed by atoms with Crippen molar-refractivity contribution in [2.45, 2.75) is 39.2 Å². The Hall–Kier alpha value is -2.57. The molecule has 2 amide bonds. The van der Waals surface area contributed by atoms with Crippen LogP contribution < -0.4 is 10.1 Å². The van der Waals surface area contributed by atoms with Gasteiger partial charge in [0.05, 0.1) is 0 Å². The second-order valence-corrected chi connectivity index (χ2v) is 7.49. The number of benzene rings is 1. The van der Waals surface area contributed by atoms with Crippen molar-refractivity contribution < 1.29 is 23.5 Å². The minimum atomic E-state index is -0.554. The molecule has 0 atom stereocenters. The van der Waals surface area contributed by atoms with Crippen LogP contribution in [0.3, 0.4) is 0 Å². The Balaban J connectivity index is 1.78. The molecule has 0 saturated carbocycles. The van der Waals surface area contributed by atoms with Gasteiger partial charge in [0, 0.05) is 18.7 Å². The zero-order valence-corrected chi connectivity index (χ0v) is 15.2. The average molecular weight is 362 g/mol. The molecule has 0 aromatic heterocycles. The van der Waals surface area contributed by atoms with Gasteiger partial charge in [-0.25, -0.2) is 9.18 Å². The number of halogens is 1. The zero-order valence-electron chi connectivity index (χ0n) is 15.2. The molecule has 0 unspecified atom stereocenters. The van der Waals surface area contributed by atoms with E-state index in [1.54, 1.807) is 23.1 Å². The highest BCUT2D eigenvalue weighted by Crippen LogP contribution is 2.33. The molecule has 0 aliphatic carbocycles. The molecule has 0 bridgehead atoms. The normalized spacial score (nSPS) is 18.8. The van der Waals surface area contributed by atoms with Crippen molar-refractivity contribution in [2.24, 2.45) is 0 Å². The van der Waals surface area contributed by atoms with E-state index in [4.69, 9.17) is 9.47 Å². The fourth-order valence-electron chi connectivity index (χ4n) is 2.96.